The second kappa shape index (κ2) is 11.9. The first-order chi connectivity index (χ1) is 14.1. The fourth-order valence-electron chi connectivity index (χ4n) is 3.14. The zero-order valence-electron chi connectivity index (χ0n) is 18.8. The molecule has 9 heteroatoms. The fourth-order valence-corrected chi connectivity index (χ4v) is 4.85. The Kier molecular flexibility index (Phi) is 10.3. The lowest BCUT2D eigenvalue weighted by Crippen LogP contribution is -2.44. The lowest BCUT2D eigenvalue weighted by atomic mass is 10.0. The molecule has 0 spiro atoms. The summed E-state index contributed by atoms with van der Waals surface area (Å²) in [6, 6.07) is 4.35. The van der Waals surface area contributed by atoms with Crippen molar-refractivity contribution in [2.24, 2.45) is 5.92 Å². The molecule has 0 heterocycles. The number of benzene rings is 1. The normalized spacial score (nSPS) is 12.7. The zero-order chi connectivity index (χ0) is 22.9. The predicted molar refractivity (Wildman–Crippen MR) is 117 cm³/mol. The molecule has 0 aromatic heterocycles. The van der Waals surface area contributed by atoms with Gasteiger partial charge in [0.25, 0.3) is 5.91 Å². The number of amides is 2. The number of rotatable bonds is 11. The number of nitrogens with one attached hydrogen (secondary N) is 2. The first-order valence-electron chi connectivity index (χ1n) is 10.4. The summed E-state index contributed by atoms with van der Waals surface area (Å²) in [5, 5.41) is 5.54. The van der Waals surface area contributed by atoms with Crippen LogP contribution in [-0.4, -0.2) is 57.0 Å². The van der Waals surface area contributed by atoms with Gasteiger partial charge in [-0.15, -0.1) is 0 Å². The van der Waals surface area contributed by atoms with Crippen LogP contribution in [0.15, 0.2) is 23.1 Å². The van der Waals surface area contributed by atoms with Crippen LogP contribution in [0.4, 0.5) is 4.79 Å². The Labute approximate surface area is 180 Å². The van der Waals surface area contributed by atoms with Crippen molar-refractivity contribution >= 4 is 22.0 Å². The number of nitrogens with zero attached hydrogens (tertiary/aromatic N) is 1. The molecule has 0 aliphatic rings. The topological polar surface area (TPSA) is 105 Å². The van der Waals surface area contributed by atoms with Gasteiger partial charge in [-0.05, 0) is 43.9 Å². The van der Waals surface area contributed by atoms with E-state index < -0.39 is 22.0 Å². The summed E-state index contributed by atoms with van der Waals surface area (Å²) in [4.78, 5) is 24.6. The van der Waals surface area contributed by atoms with Crippen LogP contribution in [0.1, 0.15) is 57.0 Å². The van der Waals surface area contributed by atoms with Crippen LogP contribution in [0.3, 0.4) is 0 Å². The summed E-state index contributed by atoms with van der Waals surface area (Å²) in [5.74, 6) is -0.0931. The van der Waals surface area contributed by atoms with E-state index in [-0.39, 0.29) is 29.7 Å². The number of hydrogen-bond donors (Lipinski definition) is 2. The van der Waals surface area contributed by atoms with Crippen LogP contribution in [-0.2, 0) is 14.8 Å². The maximum absolute atomic E-state index is 12.9. The van der Waals surface area contributed by atoms with Crippen molar-refractivity contribution in [1.29, 1.82) is 0 Å². The molecule has 1 aromatic rings. The van der Waals surface area contributed by atoms with E-state index in [9.17, 15) is 18.0 Å². The zero-order valence-corrected chi connectivity index (χ0v) is 19.6. The maximum Gasteiger partial charge on any atom is 0.407 e. The maximum atomic E-state index is 12.9. The molecular weight excluding hydrogens is 406 g/mol. The average molecular weight is 442 g/mol. The highest BCUT2D eigenvalue weighted by Crippen LogP contribution is 2.21. The van der Waals surface area contributed by atoms with Crippen LogP contribution in [0, 0.1) is 12.8 Å². The molecule has 0 aliphatic carbocycles. The molecule has 30 heavy (non-hydrogen) atoms. The van der Waals surface area contributed by atoms with Crippen molar-refractivity contribution < 1.29 is 22.7 Å². The number of aryl methyl sites for hydroxylation is 1. The van der Waals surface area contributed by atoms with Gasteiger partial charge in [-0.1, -0.05) is 33.8 Å². The third kappa shape index (κ3) is 7.28. The van der Waals surface area contributed by atoms with E-state index in [0.717, 1.165) is 0 Å². The molecule has 1 aromatic carbocycles. The van der Waals surface area contributed by atoms with Gasteiger partial charge in [0.15, 0.2) is 0 Å². The minimum absolute atomic E-state index is 0.127. The van der Waals surface area contributed by atoms with Crippen molar-refractivity contribution in [3.63, 3.8) is 0 Å². The molecule has 0 saturated heterocycles. The lowest BCUT2D eigenvalue weighted by molar-refractivity contribution is 0.0944. The monoisotopic (exact) mass is 441 g/mol. The molecule has 2 N–H and O–H groups in total. The van der Waals surface area contributed by atoms with Gasteiger partial charge < -0.3 is 15.4 Å². The summed E-state index contributed by atoms with van der Waals surface area (Å²) in [6.45, 7) is 12.2. The highest BCUT2D eigenvalue weighted by atomic mass is 32.2. The Bertz CT molecular complexity index is 820. The van der Waals surface area contributed by atoms with Crippen molar-refractivity contribution in [1.82, 2.24) is 14.9 Å². The standard InChI is InChI=1S/C21H35N3O5S/c1-7-24(8-2)30(27,28)19-13-17(11-10-16(19)6)20(25)22-14-18(12-15(4)5)23-21(26)29-9-3/h10-11,13,15,18H,7-9,12,14H2,1-6H3,(H,22,25)(H,23,26). The fraction of sp³-hybridized carbons (Fsp3) is 0.619. The number of sulfonamides is 1. The van der Waals surface area contributed by atoms with Crippen LogP contribution >= 0.6 is 0 Å². The molecule has 8 nitrogen and oxygen atoms in total. The Morgan fingerprint density at radius 1 is 1.13 bits per heavy atom. The van der Waals surface area contributed by atoms with Gasteiger partial charge >= 0.3 is 6.09 Å². The highest BCUT2D eigenvalue weighted by molar-refractivity contribution is 7.89. The molecule has 170 valence electrons. The largest absolute Gasteiger partial charge is 0.450 e. The number of carbonyl (C=O) groups excluding carboxylic acids is 2. The molecule has 1 rings (SSSR count). The van der Waals surface area contributed by atoms with Gasteiger partial charge in [0, 0.05) is 31.2 Å². The van der Waals surface area contributed by atoms with E-state index >= 15 is 0 Å². The van der Waals surface area contributed by atoms with Gasteiger partial charge in [-0.3, -0.25) is 4.79 Å². The highest BCUT2D eigenvalue weighted by Gasteiger charge is 2.25. The van der Waals surface area contributed by atoms with Gasteiger partial charge in [0.1, 0.15) is 0 Å². The van der Waals surface area contributed by atoms with E-state index in [1.54, 1.807) is 39.8 Å². The molecule has 0 fully saturated rings. The molecule has 1 unspecified atom stereocenters. The van der Waals surface area contributed by atoms with E-state index in [1.165, 1.54) is 10.4 Å². The number of alkyl carbamates (subject to hydrolysis) is 1. The van der Waals surface area contributed by atoms with Gasteiger partial charge in [0.05, 0.1) is 11.5 Å². The van der Waals surface area contributed by atoms with E-state index in [4.69, 9.17) is 4.74 Å². The van der Waals surface area contributed by atoms with Gasteiger partial charge in [-0.25, -0.2) is 13.2 Å². The minimum Gasteiger partial charge on any atom is -0.450 e. The van der Waals surface area contributed by atoms with E-state index in [0.29, 0.717) is 31.0 Å². The Hall–Kier alpha value is -2.13. The van der Waals surface area contributed by atoms with E-state index in [2.05, 4.69) is 10.6 Å². The number of ether oxygens (including phenoxy) is 1. The quantitative estimate of drug-likeness (QED) is 0.549. The third-order valence-electron chi connectivity index (χ3n) is 4.64. The molecule has 0 bridgehead atoms. The summed E-state index contributed by atoms with van der Waals surface area (Å²) >= 11 is 0. The van der Waals surface area contributed by atoms with Gasteiger partial charge in [0.2, 0.25) is 10.0 Å². The molecule has 1 atom stereocenters. The lowest BCUT2D eigenvalue weighted by Gasteiger charge is -2.21. The average Bonchev–Trinajstić information content (AvgIpc) is 2.66. The number of carbonyl (C=O) groups is 2. The van der Waals surface area contributed by atoms with Crippen LogP contribution in [0.5, 0.6) is 0 Å². The van der Waals surface area contributed by atoms with Crippen LogP contribution in [0.25, 0.3) is 0 Å². The first kappa shape index (κ1) is 25.9. The summed E-state index contributed by atoms with van der Waals surface area (Å²) in [7, 11) is -3.68. The summed E-state index contributed by atoms with van der Waals surface area (Å²) < 4.78 is 32.1. The van der Waals surface area contributed by atoms with Crippen LogP contribution in [0.2, 0.25) is 0 Å². The second-order valence-electron chi connectivity index (χ2n) is 7.47. The molecular formula is C21H35N3O5S. The van der Waals surface area contributed by atoms with Gasteiger partial charge in [-0.2, -0.15) is 4.31 Å². The summed E-state index contributed by atoms with van der Waals surface area (Å²) in [5.41, 5.74) is 0.839. The Morgan fingerprint density at radius 3 is 2.30 bits per heavy atom. The molecule has 0 aliphatic heterocycles. The first-order valence-corrected chi connectivity index (χ1v) is 11.8. The van der Waals surface area contributed by atoms with Crippen LogP contribution < -0.4 is 10.6 Å². The Balaban J connectivity index is 2.99. The SMILES string of the molecule is CCOC(=O)NC(CNC(=O)c1ccc(C)c(S(=O)(=O)N(CC)CC)c1)CC(C)C. The van der Waals surface area contributed by atoms with Crippen molar-refractivity contribution in [2.75, 3.05) is 26.2 Å². The Morgan fingerprint density at radius 2 is 1.77 bits per heavy atom. The minimum atomic E-state index is -3.68. The second-order valence-corrected chi connectivity index (χ2v) is 9.38. The smallest absolute Gasteiger partial charge is 0.407 e. The van der Waals surface area contributed by atoms with Crippen molar-refractivity contribution in [3.05, 3.63) is 29.3 Å². The molecule has 2 amide bonds. The third-order valence-corrected chi connectivity index (χ3v) is 6.83. The number of hydrogen-bond acceptors (Lipinski definition) is 5. The van der Waals surface area contributed by atoms with E-state index in [1.807, 2.05) is 13.8 Å². The van der Waals surface area contributed by atoms with Crippen molar-refractivity contribution in [3.8, 4) is 0 Å². The molecule has 0 saturated carbocycles. The van der Waals surface area contributed by atoms with Crippen molar-refractivity contribution in [2.45, 2.75) is 58.9 Å². The molecule has 0 radical (unpaired) electrons. The predicted octanol–water partition coefficient (Wildman–Crippen LogP) is 2.92. The summed E-state index contributed by atoms with van der Waals surface area (Å²) in [6.07, 6.45) is 0.134.